The minimum absolute atomic E-state index is 0.287. The third kappa shape index (κ3) is 3.54. The van der Waals surface area contributed by atoms with E-state index in [4.69, 9.17) is 9.05 Å². The minimum Gasteiger partial charge on any atom is -0.312 e. The molecule has 0 aliphatic carbocycles. The molecule has 0 radical (unpaired) electrons. The second kappa shape index (κ2) is 6.16. The van der Waals surface area contributed by atoms with Crippen molar-refractivity contribution in [2.45, 2.75) is 6.16 Å². The van der Waals surface area contributed by atoms with Crippen molar-refractivity contribution in [2.24, 2.45) is 0 Å². The fourth-order valence-corrected chi connectivity index (χ4v) is 2.93. The van der Waals surface area contributed by atoms with Crippen molar-refractivity contribution in [1.29, 1.82) is 0 Å². The van der Waals surface area contributed by atoms with Crippen LogP contribution in [-0.4, -0.2) is 14.2 Å². The molecule has 2 rings (SSSR count). The van der Waals surface area contributed by atoms with Crippen LogP contribution in [0.5, 0.6) is 0 Å². The molecule has 0 saturated heterocycles. The lowest BCUT2D eigenvalue weighted by molar-refractivity contribution is 0.275. The van der Waals surface area contributed by atoms with Crippen LogP contribution in [0.4, 0.5) is 0 Å². The van der Waals surface area contributed by atoms with Gasteiger partial charge in [0.05, 0.1) is 6.16 Å². The number of rotatable bonds is 5. The standard InChI is InChI=1S/C15H17O3P/c1-17-19(16,18-2)12-13-8-10-15(11-9-13)14-6-4-3-5-7-14/h3-11H,12H2,1-2H3. The van der Waals surface area contributed by atoms with Crippen LogP contribution in [-0.2, 0) is 19.8 Å². The molecule has 0 aromatic heterocycles. The van der Waals surface area contributed by atoms with E-state index >= 15 is 0 Å². The molecule has 100 valence electrons. The summed E-state index contributed by atoms with van der Waals surface area (Å²) in [7, 11) is -0.179. The summed E-state index contributed by atoms with van der Waals surface area (Å²) >= 11 is 0. The van der Waals surface area contributed by atoms with Crippen LogP contribution in [0.2, 0.25) is 0 Å². The van der Waals surface area contributed by atoms with E-state index < -0.39 is 7.60 Å². The fraction of sp³-hybridized carbons (Fsp3) is 0.200. The van der Waals surface area contributed by atoms with Gasteiger partial charge in [-0.05, 0) is 16.7 Å². The highest BCUT2D eigenvalue weighted by Crippen LogP contribution is 2.49. The molecular weight excluding hydrogens is 259 g/mol. The predicted octanol–water partition coefficient (Wildman–Crippen LogP) is 4.34. The Balaban J connectivity index is 2.18. The fourth-order valence-electron chi connectivity index (χ4n) is 1.86. The van der Waals surface area contributed by atoms with Gasteiger partial charge in [-0.1, -0.05) is 54.6 Å². The Labute approximate surface area is 113 Å². The van der Waals surface area contributed by atoms with E-state index in [2.05, 4.69) is 12.1 Å². The number of benzene rings is 2. The predicted molar refractivity (Wildman–Crippen MR) is 77.2 cm³/mol. The van der Waals surface area contributed by atoms with Gasteiger partial charge in [-0.15, -0.1) is 0 Å². The molecule has 0 saturated carbocycles. The molecule has 19 heavy (non-hydrogen) atoms. The lowest BCUT2D eigenvalue weighted by Crippen LogP contribution is -1.93. The molecule has 0 amide bonds. The first-order valence-electron chi connectivity index (χ1n) is 6.02. The van der Waals surface area contributed by atoms with E-state index in [1.54, 1.807) is 0 Å². The quantitative estimate of drug-likeness (QED) is 0.762. The van der Waals surface area contributed by atoms with Gasteiger partial charge >= 0.3 is 7.60 Å². The van der Waals surface area contributed by atoms with Gasteiger partial charge in [0.15, 0.2) is 0 Å². The molecule has 0 atom stereocenters. The molecule has 2 aromatic carbocycles. The van der Waals surface area contributed by atoms with Gasteiger partial charge in [0.25, 0.3) is 0 Å². The van der Waals surface area contributed by atoms with Crippen molar-refractivity contribution >= 4 is 7.60 Å². The smallest absolute Gasteiger partial charge is 0.312 e. The zero-order chi connectivity index (χ0) is 13.7. The highest BCUT2D eigenvalue weighted by molar-refractivity contribution is 7.52. The lowest BCUT2D eigenvalue weighted by Gasteiger charge is -2.13. The lowest BCUT2D eigenvalue weighted by atomic mass is 10.0. The van der Waals surface area contributed by atoms with E-state index in [0.29, 0.717) is 0 Å². The molecule has 0 unspecified atom stereocenters. The third-order valence-corrected chi connectivity index (χ3v) is 4.86. The van der Waals surface area contributed by atoms with Crippen LogP contribution in [0, 0.1) is 0 Å². The van der Waals surface area contributed by atoms with Gasteiger partial charge in [0, 0.05) is 14.2 Å². The van der Waals surface area contributed by atoms with Gasteiger partial charge in [-0.25, -0.2) is 0 Å². The number of hydrogen-bond donors (Lipinski definition) is 0. The summed E-state index contributed by atoms with van der Waals surface area (Å²) in [5.41, 5.74) is 3.23. The second-order valence-electron chi connectivity index (χ2n) is 4.20. The molecule has 2 aromatic rings. The first-order chi connectivity index (χ1) is 9.17. The average molecular weight is 276 g/mol. The zero-order valence-corrected chi connectivity index (χ0v) is 12.0. The topological polar surface area (TPSA) is 35.5 Å². The van der Waals surface area contributed by atoms with Crippen molar-refractivity contribution in [3.05, 3.63) is 60.2 Å². The highest BCUT2D eigenvalue weighted by atomic mass is 31.2. The summed E-state index contributed by atoms with van der Waals surface area (Å²) in [6, 6.07) is 18.1. The van der Waals surface area contributed by atoms with Crippen LogP contribution in [0.15, 0.2) is 54.6 Å². The van der Waals surface area contributed by atoms with E-state index in [1.165, 1.54) is 14.2 Å². The minimum atomic E-state index is -2.99. The molecule has 0 aliphatic heterocycles. The van der Waals surface area contributed by atoms with Crippen molar-refractivity contribution < 1.29 is 13.6 Å². The summed E-state index contributed by atoms with van der Waals surface area (Å²) in [5, 5.41) is 0. The second-order valence-corrected chi connectivity index (χ2v) is 6.47. The molecule has 0 aliphatic rings. The van der Waals surface area contributed by atoms with Crippen molar-refractivity contribution in [1.82, 2.24) is 0 Å². The Bertz CT molecular complexity index is 556. The van der Waals surface area contributed by atoms with E-state index in [9.17, 15) is 4.57 Å². The van der Waals surface area contributed by atoms with E-state index in [-0.39, 0.29) is 6.16 Å². The van der Waals surface area contributed by atoms with Gasteiger partial charge in [0.2, 0.25) is 0 Å². The van der Waals surface area contributed by atoms with Crippen molar-refractivity contribution in [3.8, 4) is 11.1 Å². The normalized spacial score (nSPS) is 11.5. The van der Waals surface area contributed by atoms with Crippen LogP contribution in [0.1, 0.15) is 5.56 Å². The molecule has 0 N–H and O–H groups in total. The molecular formula is C15H17O3P. The zero-order valence-electron chi connectivity index (χ0n) is 11.1. The summed E-state index contributed by atoms with van der Waals surface area (Å²) in [4.78, 5) is 0. The van der Waals surface area contributed by atoms with Gasteiger partial charge < -0.3 is 9.05 Å². The first-order valence-corrected chi connectivity index (χ1v) is 7.74. The van der Waals surface area contributed by atoms with E-state index in [0.717, 1.165) is 16.7 Å². The maximum atomic E-state index is 12.0. The van der Waals surface area contributed by atoms with Crippen molar-refractivity contribution in [3.63, 3.8) is 0 Å². The molecule has 0 heterocycles. The molecule has 0 bridgehead atoms. The number of hydrogen-bond acceptors (Lipinski definition) is 3. The maximum absolute atomic E-state index is 12.0. The van der Waals surface area contributed by atoms with Crippen LogP contribution in [0.3, 0.4) is 0 Å². The highest BCUT2D eigenvalue weighted by Gasteiger charge is 2.21. The third-order valence-electron chi connectivity index (χ3n) is 2.99. The van der Waals surface area contributed by atoms with Crippen molar-refractivity contribution in [2.75, 3.05) is 14.2 Å². The van der Waals surface area contributed by atoms with Gasteiger partial charge in [-0.2, -0.15) is 0 Å². The Morgan fingerprint density at radius 3 is 1.89 bits per heavy atom. The maximum Gasteiger partial charge on any atom is 0.334 e. The molecule has 4 heteroatoms. The molecule has 0 fully saturated rings. The Morgan fingerprint density at radius 2 is 1.37 bits per heavy atom. The Kier molecular flexibility index (Phi) is 4.54. The first kappa shape index (κ1) is 14.0. The Hall–Kier alpha value is -1.41. The summed E-state index contributed by atoms with van der Waals surface area (Å²) in [5.74, 6) is 0. The molecule has 0 spiro atoms. The SMILES string of the molecule is COP(=O)(Cc1ccc(-c2ccccc2)cc1)OC. The van der Waals surface area contributed by atoms with Crippen LogP contribution in [0.25, 0.3) is 11.1 Å². The van der Waals surface area contributed by atoms with Crippen LogP contribution < -0.4 is 0 Å². The monoisotopic (exact) mass is 276 g/mol. The van der Waals surface area contributed by atoms with Gasteiger partial charge in [0.1, 0.15) is 0 Å². The Morgan fingerprint density at radius 1 is 0.842 bits per heavy atom. The summed E-state index contributed by atoms with van der Waals surface area (Å²) < 4.78 is 21.9. The van der Waals surface area contributed by atoms with E-state index in [1.807, 2.05) is 42.5 Å². The largest absolute Gasteiger partial charge is 0.334 e. The van der Waals surface area contributed by atoms with Crippen LogP contribution >= 0.6 is 7.60 Å². The summed E-state index contributed by atoms with van der Waals surface area (Å²) in [6.45, 7) is 0. The summed E-state index contributed by atoms with van der Waals surface area (Å²) in [6.07, 6.45) is 0.287. The van der Waals surface area contributed by atoms with Gasteiger partial charge in [-0.3, -0.25) is 4.57 Å². The molecule has 3 nitrogen and oxygen atoms in total. The average Bonchev–Trinajstić information content (AvgIpc) is 2.49.